The first-order valence-electron chi connectivity index (χ1n) is 19.4. The quantitative estimate of drug-likeness (QED) is 0.0605. The minimum Gasteiger partial charge on any atom is -0.481 e. The number of hydrogen-bond acceptors (Lipinski definition) is 14. The fourth-order valence-corrected chi connectivity index (χ4v) is 8.06. The van der Waals surface area contributed by atoms with Crippen molar-refractivity contribution >= 4 is 90.2 Å². The first-order chi connectivity index (χ1) is 30.3. The highest BCUT2D eigenvalue weighted by Gasteiger charge is 2.24. The van der Waals surface area contributed by atoms with Crippen LogP contribution in [0.2, 0.25) is 0 Å². The zero-order valence-electron chi connectivity index (χ0n) is 34.8. The molecular weight excluding hydrogens is 873 g/mol. The molecule has 2 aromatic carbocycles. The number of carbonyl (C=O) groups excluding carboxylic acids is 2. The van der Waals surface area contributed by atoms with Crippen LogP contribution >= 0.6 is 22.7 Å². The second-order valence-corrected chi connectivity index (χ2v) is 16.7. The van der Waals surface area contributed by atoms with Gasteiger partial charge in [0.25, 0.3) is 22.9 Å². The van der Waals surface area contributed by atoms with Crippen molar-refractivity contribution in [3.05, 3.63) is 114 Å². The highest BCUT2D eigenvalue weighted by atomic mass is 32.1. The summed E-state index contributed by atoms with van der Waals surface area (Å²) in [5, 5.41) is 43.1. The number of carboxylic acid groups (broad SMARTS) is 4. The van der Waals surface area contributed by atoms with E-state index in [1.807, 2.05) is 36.0 Å². The van der Waals surface area contributed by atoms with Crippen LogP contribution < -0.4 is 31.6 Å². The molecule has 0 radical (unpaired) electrons. The number of nitrogens with one attached hydrogen (secondary N) is 4. The Kier molecular flexibility index (Phi) is 15.7. The molecule has 0 aliphatic rings. The number of anilines is 2. The second-order valence-electron chi connectivity index (χ2n) is 14.6. The molecule has 336 valence electrons. The number of hydrogen-bond donors (Lipinski definition) is 8. The molecule has 0 saturated carbocycles. The summed E-state index contributed by atoms with van der Waals surface area (Å²) >= 11 is 2.36. The van der Waals surface area contributed by atoms with Crippen molar-refractivity contribution in [2.24, 2.45) is 0 Å². The first-order valence-corrected chi connectivity index (χ1v) is 21.0. The number of benzene rings is 2. The van der Waals surface area contributed by atoms with E-state index in [2.05, 4.69) is 30.6 Å². The number of carboxylic acids is 4. The Labute approximate surface area is 371 Å². The topological polar surface area (TPSA) is 305 Å². The van der Waals surface area contributed by atoms with Gasteiger partial charge >= 0.3 is 23.9 Å². The summed E-state index contributed by atoms with van der Waals surface area (Å²) < 4.78 is 0. The molecule has 0 aliphatic carbocycles. The van der Waals surface area contributed by atoms with E-state index in [1.165, 1.54) is 22.7 Å². The number of aromatic nitrogens is 4. The lowest BCUT2D eigenvalue weighted by molar-refractivity contribution is -0.142. The monoisotopic (exact) mass is 916 g/mol. The van der Waals surface area contributed by atoms with Crippen LogP contribution in [0.3, 0.4) is 0 Å². The summed E-state index contributed by atoms with van der Waals surface area (Å²) in [7, 11) is 3.67. The van der Waals surface area contributed by atoms with Crippen LogP contribution in [0.1, 0.15) is 67.8 Å². The van der Waals surface area contributed by atoms with Gasteiger partial charge in [0.1, 0.15) is 23.7 Å². The van der Waals surface area contributed by atoms with E-state index in [1.54, 1.807) is 62.4 Å². The van der Waals surface area contributed by atoms with Crippen molar-refractivity contribution in [2.45, 2.75) is 64.7 Å². The van der Waals surface area contributed by atoms with Crippen molar-refractivity contribution in [3.63, 3.8) is 0 Å². The van der Waals surface area contributed by atoms with Gasteiger partial charge in [0.15, 0.2) is 0 Å². The van der Waals surface area contributed by atoms with Crippen LogP contribution in [0.25, 0.3) is 21.8 Å². The predicted octanol–water partition coefficient (Wildman–Crippen LogP) is 3.95. The number of aryl methyl sites for hydroxylation is 2. The fourth-order valence-electron chi connectivity index (χ4n) is 6.32. The van der Waals surface area contributed by atoms with Crippen molar-refractivity contribution in [3.8, 4) is 0 Å². The maximum Gasteiger partial charge on any atom is 0.326 e. The summed E-state index contributed by atoms with van der Waals surface area (Å²) in [6, 6.07) is 15.0. The van der Waals surface area contributed by atoms with E-state index < -0.39 is 47.8 Å². The molecule has 0 spiro atoms. The van der Waals surface area contributed by atoms with Crippen LogP contribution in [0.5, 0.6) is 0 Å². The highest BCUT2D eigenvalue weighted by Crippen LogP contribution is 2.28. The molecule has 4 heterocycles. The Morgan fingerprint density at radius 1 is 0.609 bits per heavy atom. The molecule has 6 aromatic rings. The minimum absolute atomic E-state index is 0.204. The number of rotatable bonds is 18. The van der Waals surface area contributed by atoms with E-state index in [0.29, 0.717) is 56.3 Å². The maximum atomic E-state index is 12.4. The third-order valence-corrected chi connectivity index (χ3v) is 11.9. The number of nitrogens with zero attached hydrogens (tertiary/aromatic N) is 4. The van der Waals surface area contributed by atoms with E-state index in [4.69, 9.17) is 10.2 Å². The predicted molar refractivity (Wildman–Crippen MR) is 239 cm³/mol. The van der Waals surface area contributed by atoms with Gasteiger partial charge in [0.2, 0.25) is 0 Å². The smallest absolute Gasteiger partial charge is 0.326 e. The molecule has 22 heteroatoms. The van der Waals surface area contributed by atoms with Gasteiger partial charge in [-0.1, -0.05) is 12.1 Å². The number of fused-ring (bicyclic) bond motifs is 2. The van der Waals surface area contributed by atoms with E-state index in [9.17, 15) is 48.6 Å². The number of amides is 2. The van der Waals surface area contributed by atoms with Crippen LogP contribution in [0, 0.1) is 13.8 Å². The Morgan fingerprint density at radius 3 is 1.33 bits per heavy atom. The third-order valence-electron chi connectivity index (χ3n) is 9.50. The number of thiophene rings is 2. The molecule has 0 bridgehead atoms. The van der Waals surface area contributed by atoms with E-state index >= 15 is 0 Å². The Morgan fingerprint density at radius 2 is 0.984 bits per heavy atom. The van der Waals surface area contributed by atoms with E-state index in [-0.39, 0.29) is 36.8 Å². The van der Waals surface area contributed by atoms with Gasteiger partial charge < -0.3 is 50.8 Å². The van der Waals surface area contributed by atoms with Gasteiger partial charge in [-0.25, -0.2) is 19.6 Å². The third kappa shape index (κ3) is 12.8. The lowest BCUT2D eigenvalue weighted by Crippen LogP contribution is -2.40. The number of aromatic amines is 2. The summed E-state index contributed by atoms with van der Waals surface area (Å²) in [6.07, 6.45) is -1.13. The molecule has 0 unspecified atom stereocenters. The van der Waals surface area contributed by atoms with Crippen molar-refractivity contribution in [2.75, 3.05) is 23.9 Å². The molecule has 8 N–H and O–H groups in total. The lowest BCUT2D eigenvalue weighted by Gasteiger charge is -2.17. The number of carbonyl (C=O) groups is 6. The van der Waals surface area contributed by atoms with Gasteiger partial charge in [-0.2, -0.15) is 0 Å². The molecule has 2 amide bonds. The average Bonchev–Trinajstić information content (AvgIpc) is 3.93. The highest BCUT2D eigenvalue weighted by molar-refractivity contribution is 7.18. The minimum atomic E-state index is -1.29. The average molecular weight is 917 g/mol. The molecule has 0 saturated heterocycles. The summed E-state index contributed by atoms with van der Waals surface area (Å²) in [4.78, 5) is 112. The van der Waals surface area contributed by atoms with E-state index in [0.717, 1.165) is 21.1 Å². The van der Waals surface area contributed by atoms with Crippen molar-refractivity contribution in [1.82, 2.24) is 30.6 Å². The van der Waals surface area contributed by atoms with Crippen molar-refractivity contribution in [1.29, 1.82) is 0 Å². The van der Waals surface area contributed by atoms with Crippen LogP contribution in [0.15, 0.2) is 70.3 Å². The Bertz CT molecular complexity index is 2660. The second kappa shape index (κ2) is 21.1. The van der Waals surface area contributed by atoms with Gasteiger partial charge in [0.05, 0.1) is 41.6 Å². The zero-order chi connectivity index (χ0) is 46.8. The lowest BCUT2D eigenvalue weighted by atomic mass is 10.1. The molecule has 6 rings (SSSR count). The molecule has 4 aromatic heterocycles. The molecular formula is C42H44N8O12S2. The molecule has 64 heavy (non-hydrogen) atoms. The van der Waals surface area contributed by atoms with Crippen LogP contribution in [0.4, 0.5) is 10.0 Å². The maximum absolute atomic E-state index is 12.4. The standard InChI is InChI=1S/2C21H22N4O6S/c2*1-11-22-14-4-3-12(9-13(14)19(28)23-11)10-25(2)17-7-6-16(32-17)20(29)24-15(21(30)31)5-8-18(26)27/h2*3-4,6-7,9,15H,5,8,10H2,1-2H3,(H,24,29)(H,26,27)(H,30,31)(H,22,23,28)/t2*15-/m00/s1. The SMILES string of the molecule is Cc1nc2ccc(CN(C)c3ccc(C(=O)N[C@@H](CCC(=O)O)C(=O)O)s3)cc2c(=O)[nH]1.Cc1nc2ccc(CN(C)c3ccc(C(=O)N[C@@H](CCC(=O)O)C(=O)O)s3)cc2c(=O)[nH]1. The molecule has 2 atom stereocenters. The zero-order valence-corrected chi connectivity index (χ0v) is 36.5. The Balaban J connectivity index is 0.000000241. The molecule has 0 aliphatic heterocycles. The van der Waals surface area contributed by atoms with Gasteiger partial charge in [-0.05, 0) is 86.3 Å². The van der Waals surface area contributed by atoms with Gasteiger partial charge in [0, 0.05) is 40.0 Å². The van der Waals surface area contributed by atoms with Crippen LogP contribution in [-0.2, 0) is 32.3 Å². The summed E-state index contributed by atoms with van der Waals surface area (Å²) in [5.74, 6) is -4.90. The first kappa shape index (κ1) is 47.6. The molecule has 0 fully saturated rings. The van der Waals surface area contributed by atoms with Gasteiger partial charge in [-0.3, -0.25) is 28.8 Å². The number of aliphatic carboxylic acids is 4. The van der Waals surface area contributed by atoms with Gasteiger partial charge in [-0.15, -0.1) is 22.7 Å². The molecule has 20 nitrogen and oxygen atoms in total. The largest absolute Gasteiger partial charge is 0.481 e. The van der Waals surface area contributed by atoms with Crippen molar-refractivity contribution < 1.29 is 49.2 Å². The summed E-state index contributed by atoms with van der Waals surface area (Å²) in [6.45, 7) is 4.39. The fraction of sp³-hybridized carbons (Fsp3) is 0.286. The summed E-state index contributed by atoms with van der Waals surface area (Å²) in [5.41, 5.74) is 2.59. The normalized spacial score (nSPS) is 11.8. The Hall–Kier alpha value is -7.46. The van der Waals surface area contributed by atoms with Crippen LogP contribution in [-0.4, -0.2) is 102 Å². The number of H-pyrrole nitrogens is 2.